The van der Waals surface area contributed by atoms with Crippen LogP contribution in [0, 0.1) is 0 Å². The number of fused-ring (bicyclic) bond motifs is 3. The topological polar surface area (TPSA) is 104 Å². The zero-order valence-electron chi connectivity index (χ0n) is 52.2. The third-order valence-corrected chi connectivity index (χ3v) is 18.6. The van der Waals surface area contributed by atoms with Crippen molar-refractivity contribution in [3.8, 4) is 101 Å². The Bertz CT molecular complexity index is 5670. The van der Waals surface area contributed by atoms with E-state index in [0.717, 1.165) is 139 Å². The van der Waals surface area contributed by atoms with E-state index in [4.69, 9.17) is 15.0 Å². The van der Waals surface area contributed by atoms with Crippen LogP contribution in [0.1, 0.15) is 22.9 Å². The van der Waals surface area contributed by atoms with Crippen LogP contribution in [0.15, 0.2) is 306 Å². The summed E-state index contributed by atoms with van der Waals surface area (Å²) in [7, 11) is 7.26. The van der Waals surface area contributed by atoms with E-state index < -0.39 is 0 Å². The molecule has 1 unspecified atom stereocenters. The highest BCUT2D eigenvalue weighted by Gasteiger charge is 2.22. The van der Waals surface area contributed by atoms with Gasteiger partial charge in [0.2, 0.25) is 0 Å². The summed E-state index contributed by atoms with van der Waals surface area (Å²) < 4.78 is 6.77. The number of benzene rings is 12. The zero-order valence-corrected chi connectivity index (χ0v) is 52.2. The number of aliphatic imine (C=N–C) groups is 1. The highest BCUT2D eigenvalue weighted by Crippen LogP contribution is 2.37. The van der Waals surface area contributed by atoms with Crippen molar-refractivity contribution < 1.29 is 0 Å². The van der Waals surface area contributed by atoms with Gasteiger partial charge in [0, 0.05) is 50.6 Å². The summed E-state index contributed by atoms with van der Waals surface area (Å²) in [6, 6.07) is 100. The summed E-state index contributed by atoms with van der Waals surface area (Å²) in [5.41, 5.74) is 25.9. The first-order valence-electron chi connectivity index (χ1n) is 31.6. The van der Waals surface area contributed by atoms with Crippen LogP contribution in [-0.2, 0) is 28.2 Å². The van der Waals surface area contributed by atoms with Crippen LogP contribution in [0.2, 0.25) is 0 Å². The number of rotatable bonds is 12. The molecule has 1 N–H and O–H groups in total. The molecule has 0 saturated heterocycles. The van der Waals surface area contributed by atoms with Gasteiger partial charge in [-0.15, -0.1) is 0 Å². The fraction of sp³-hybridized carbons (Fsp3) is 0.0595. The molecule has 10 heteroatoms. The molecule has 94 heavy (non-hydrogen) atoms. The highest BCUT2D eigenvalue weighted by atomic mass is 16.2. The number of aromatic nitrogens is 6. The van der Waals surface area contributed by atoms with E-state index in [1.54, 1.807) is 18.3 Å². The molecule has 0 aliphatic carbocycles. The van der Waals surface area contributed by atoms with E-state index in [0.29, 0.717) is 5.82 Å². The first-order chi connectivity index (χ1) is 46.0. The molecule has 15 aromatic rings. The molecule has 0 fully saturated rings. The maximum absolute atomic E-state index is 12.9. The normalized spacial score (nSPS) is 13.1. The molecule has 12 aromatic carbocycles. The molecule has 1 aliphatic rings. The van der Waals surface area contributed by atoms with Crippen molar-refractivity contribution in [2.75, 3.05) is 0 Å². The lowest BCUT2D eigenvalue weighted by molar-refractivity contribution is 0.664. The Balaban J connectivity index is 0.682. The van der Waals surface area contributed by atoms with Crippen LogP contribution in [0.4, 0.5) is 0 Å². The van der Waals surface area contributed by atoms with Crippen molar-refractivity contribution in [1.29, 1.82) is 0 Å². The maximum Gasteiger partial charge on any atom is 0.328 e. The van der Waals surface area contributed by atoms with Crippen LogP contribution < -0.4 is 16.7 Å². The Morgan fingerprint density at radius 1 is 0.319 bits per heavy atom. The average molecular weight is 1220 g/mol. The predicted octanol–water partition coefficient (Wildman–Crippen LogP) is 18.1. The minimum absolute atomic E-state index is 0.0436. The molecule has 0 amide bonds. The summed E-state index contributed by atoms with van der Waals surface area (Å²) in [5, 5.41) is 6.16. The molecule has 0 radical (unpaired) electrons. The van der Waals surface area contributed by atoms with Gasteiger partial charge >= 0.3 is 11.4 Å². The zero-order chi connectivity index (χ0) is 63.6. The van der Waals surface area contributed by atoms with E-state index in [1.807, 2.05) is 46.4 Å². The van der Waals surface area contributed by atoms with Gasteiger partial charge in [-0.05, 0) is 155 Å². The Labute approximate surface area is 543 Å². The summed E-state index contributed by atoms with van der Waals surface area (Å²) >= 11 is 0. The van der Waals surface area contributed by atoms with E-state index in [1.165, 1.54) is 16.3 Å². The highest BCUT2D eigenvalue weighted by molar-refractivity contribution is 6.13. The largest absolute Gasteiger partial charge is 0.360 e. The van der Waals surface area contributed by atoms with Crippen LogP contribution in [0.25, 0.3) is 139 Å². The molecule has 1 atom stereocenters. The van der Waals surface area contributed by atoms with E-state index >= 15 is 0 Å². The van der Waals surface area contributed by atoms with E-state index in [-0.39, 0.29) is 17.5 Å². The van der Waals surface area contributed by atoms with Crippen molar-refractivity contribution >= 4 is 44.2 Å². The molecular weight excluding hydrogens is 1150 g/mol. The minimum atomic E-state index is -0.291. The van der Waals surface area contributed by atoms with Crippen molar-refractivity contribution in [2.24, 2.45) is 33.2 Å². The summed E-state index contributed by atoms with van der Waals surface area (Å²) in [6.45, 7) is 0. The van der Waals surface area contributed by atoms with E-state index in [2.05, 4.69) is 278 Å². The van der Waals surface area contributed by atoms with Gasteiger partial charge < -0.3 is 5.32 Å². The maximum atomic E-state index is 12.9. The fourth-order valence-corrected chi connectivity index (χ4v) is 13.3. The van der Waals surface area contributed by atoms with Crippen molar-refractivity contribution in [3.63, 3.8) is 0 Å². The Morgan fingerprint density at radius 2 is 0.723 bits per heavy atom. The lowest BCUT2D eigenvalue weighted by Gasteiger charge is -2.25. The second-order valence-electron chi connectivity index (χ2n) is 24.3. The molecule has 0 saturated carbocycles. The van der Waals surface area contributed by atoms with Crippen molar-refractivity contribution in [2.45, 2.75) is 6.17 Å². The molecule has 0 spiro atoms. The lowest BCUT2D eigenvalue weighted by atomic mass is 9.95. The molecule has 1 aliphatic heterocycles. The smallest absolute Gasteiger partial charge is 0.328 e. The number of nitrogens with zero attached hydrogens (tertiary/aromatic N) is 7. The number of hydrogen-bond donors (Lipinski definition) is 1. The van der Waals surface area contributed by atoms with Crippen LogP contribution in [0.3, 0.4) is 0 Å². The summed E-state index contributed by atoms with van der Waals surface area (Å²) in [5.74, 6) is 0.621. The first kappa shape index (κ1) is 56.9. The Hall–Kier alpha value is -12.3. The minimum Gasteiger partial charge on any atom is -0.360 e. The van der Waals surface area contributed by atoms with Crippen molar-refractivity contribution in [1.82, 2.24) is 33.6 Å². The molecule has 450 valence electrons. The standard InChI is InChI=1S/C84H62N8O2/c1-89-77-43-41-66(49-79(77)91(3)83(89)93)63-21-11-24-68(46-63)75-51-73(85-81(87-75)60-16-6-5-7-17-60)58-37-33-54(34-38-58)53-29-31-55(32-30-53)61-19-10-20-62(45-61)65-23-13-26-70(48-65)82-86-74(59-39-35-57(36-40-59)72-28-14-18-56-15-8-9-27-71(56)72)52-76(88-82)69-25-12-22-64(47-69)67-42-44-78-80(50-67)92(4)84(94)90(78)2/h5-52,81,87H,1-4H3. The number of nitrogens with one attached hydrogen (secondary N) is 1. The van der Waals surface area contributed by atoms with Crippen LogP contribution in [0.5, 0.6) is 0 Å². The molecule has 16 rings (SSSR count). The van der Waals surface area contributed by atoms with Gasteiger partial charge in [0.05, 0.1) is 39.2 Å². The van der Waals surface area contributed by atoms with Crippen molar-refractivity contribution in [3.05, 3.63) is 329 Å². The quantitative estimate of drug-likeness (QED) is 0.131. The first-order valence-corrected chi connectivity index (χ1v) is 31.6. The average Bonchev–Trinajstić information content (AvgIpc) is 1.65. The SMILES string of the molecule is Cn1c(=O)n(C)c2cc(-c3cccc(C4=CC(c5ccc(-c6ccc(-c7cccc(-c8cccc(-c9nc(-c%10ccc(-c%11cccc%12ccccc%11%12)cc%10)cc(-c%10cccc(-c%11ccc%12c(c%11)n(C)c(=O)n%12C)c%10)n9)c8)c7)cc6)cc5)=NC(c5ccccc5)N4)c3)ccc21. The van der Waals surface area contributed by atoms with Gasteiger partial charge in [-0.3, -0.25) is 23.3 Å². The summed E-state index contributed by atoms with van der Waals surface area (Å²) in [4.78, 5) is 41.6. The van der Waals surface area contributed by atoms with Crippen LogP contribution >= 0.6 is 0 Å². The van der Waals surface area contributed by atoms with E-state index in [9.17, 15) is 9.59 Å². The van der Waals surface area contributed by atoms with Crippen LogP contribution in [-0.4, -0.2) is 33.9 Å². The summed E-state index contributed by atoms with van der Waals surface area (Å²) in [6.07, 6.45) is 1.86. The van der Waals surface area contributed by atoms with Gasteiger partial charge in [0.1, 0.15) is 6.17 Å². The molecule has 10 nitrogen and oxygen atoms in total. The fourth-order valence-electron chi connectivity index (χ4n) is 13.3. The number of imidazole rings is 2. The Kier molecular flexibility index (Phi) is 14.2. The van der Waals surface area contributed by atoms with Gasteiger partial charge in [-0.2, -0.15) is 0 Å². The lowest BCUT2D eigenvalue weighted by Crippen LogP contribution is -2.24. The monoisotopic (exact) mass is 1210 g/mol. The number of aryl methyl sites for hydroxylation is 4. The predicted molar refractivity (Wildman–Crippen MR) is 385 cm³/mol. The third-order valence-electron chi connectivity index (χ3n) is 18.6. The third kappa shape index (κ3) is 10.5. The number of allylic oxidation sites excluding steroid dienone is 1. The number of hydrogen-bond acceptors (Lipinski definition) is 6. The molecule has 3 aromatic heterocycles. The second kappa shape index (κ2) is 23.5. The van der Waals surface area contributed by atoms with Gasteiger partial charge in [0.15, 0.2) is 5.82 Å². The van der Waals surface area contributed by atoms with Gasteiger partial charge in [-0.25, -0.2) is 19.6 Å². The molecular formula is C84H62N8O2. The molecule has 4 heterocycles. The Morgan fingerprint density at radius 3 is 1.33 bits per heavy atom. The van der Waals surface area contributed by atoms with Gasteiger partial charge in [0.25, 0.3) is 0 Å². The van der Waals surface area contributed by atoms with Gasteiger partial charge in [-0.1, -0.05) is 231 Å². The molecule has 0 bridgehead atoms. The second-order valence-corrected chi connectivity index (χ2v) is 24.3.